The second-order valence-corrected chi connectivity index (χ2v) is 12.1. The first-order chi connectivity index (χ1) is 18.4. The first kappa shape index (κ1) is 27.2. The van der Waals surface area contributed by atoms with Crippen molar-refractivity contribution >= 4 is 27.0 Å². The Balaban J connectivity index is 1.50. The summed E-state index contributed by atoms with van der Waals surface area (Å²) in [6, 6.07) is 8.25. The molecule has 7 nitrogen and oxygen atoms in total. The SMILES string of the molecule is CN1CCN(S(=O)(=O)c2ccc(C#Cc3cnn4c(C(F)F)cc(-c5cccc(C(F)(F)F)c5)nc34)s2)CC1. The molecule has 0 aliphatic carbocycles. The Kier molecular flexibility index (Phi) is 7.19. The van der Waals surface area contributed by atoms with Crippen molar-refractivity contribution in [3.05, 3.63) is 70.4 Å². The van der Waals surface area contributed by atoms with Crippen molar-refractivity contribution in [2.24, 2.45) is 0 Å². The van der Waals surface area contributed by atoms with E-state index in [2.05, 4.69) is 21.9 Å². The van der Waals surface area contributed by atoms with E-state index in [1.54, 1.807) is 6.07 Å². The normalized spacial score (nSPS) is 15.6. The van der Waals surface area contributed by atoms with Crippen molar-refractivity contribution in [1.29, 1.82) is 0 Å². The molecular formula is C25H20F5N5O2S2. The summed E-state index contributed by atoms with van der Waals surface area (Å²) in [6.07, 6.45) is -6.37. The zero-order valence-corrected chi connectivity index (χ0v) is 21.9. The maximum atomic E-state index is 13.8. The number of hydrogen-bond donors (Lipinski definition) is 0. The highest BCUT2D eigenvalue weighted by atomic mass is 32.2. The number of sulfonamides is 1. The zero-order chi connectivity index (χ0) is 27.9. The zero-order valence-electron chi connectivity index (χ0n) is 20.3. The highest BCUT2D eigenvalue weighted by molar-refractivity contribution is 7.91. The highest BCUT2D eigenvalue weighted by Crippen LogP contribution is 2.33. The standard InChI is InChI=1S/C25H20F5N5O2S2/c1-33-9-11-34(12-10-33)39(36,37)22-8-7-19(38-22)6-5-17-15-31-35-21(23(26)27)14-20(32-24(17)35)16-3-2-4-18(13-16)25(28,29)30/h2-4,7-8,13-15,23H,9-12H2,1H3. The number of likely N-dealkylation sites (N-methyl/N-ethyl adjacent to an activating group) is 1. The predicted molar refractivity (Wildman–Crippen MR) is 135 cm³/mol. The van der Waals surface area contributed by atoms with E-state index in [0.717, 1.165) is 34.1 Å². The fourth-order valence-electron chi connectivity index (χ4n) is 4.04. The molecule has 4 aromatic rings. The summed E-state index contributed by atoms with van der Waals surface area (Å²) < 4.78 is 95.7. The molecule has 0 amide bonds. The van der Waals surface area contributed by atoms with Crippen LogP contribution in [0.1, 0.15) is 28.1 Å². The first-order valence-corrected chi connectivity index (χ1v) is 13.8. The van der Waals surface area contributed by atoms with Gasteiger partial charge in [-0.3, -0.25) is 0 Å². The highest BCUT2D eigenvalue weighted by Gasteiger charge is 2.31. The topological polar surface area (TPSA) is 70.8 Å². The fourth-order valence-corrected chi connectivity index (χ4v) is 6.78. The van der Waals surface area contributed by atoms with Crippen molar-refractivity contribution in [3.63, 3.8) is 0 Å². The van der Waals surface area contributed by atoms with E-state index >= 15 is 0 Å². The van der Waals surface area contributed by atoms with Gasteiger partial charge in [-0.25, -0.2) is 26.7 Å². The number of piperazine rings is 1. The Morgan fingerprint density at radius 2 is 1.77 bits per heavy atom. The van der Waals surface area contributed by atoms with Crippen LogP contribution in [0.5, 0.6) is 0 Å². The number of alkyl halides is 5. The van der Waals surface area contributed by atoms with Gasteiger partial charge < -0.3 is 4.90 Å². The Morgan fingerprint density at radius 3 is 2.46 bits per heavy atom. The summed E-state index contributed by atoms with van der Waals surface area (Å²) in [5, 5.41) is 3.94. The van der Waals surface area contributed by atoms with Crippen molar-refractivity contribution in [1.82, 2.24) is 23.8 Å². The van der Waals surface area contributed by atoms with Gasteiger partial charge in [0.25, 0.3) is 16.4 Å². The minimum Gasteiger partial charge on any atom is -0.304 e. The molecule has 0 bridgehead atoms. The number of halogens is 5. The number of nitrogens with zero attached hydrogens (tertiary/aromatic N) is 5. The van der Waals surface area contributed by atoms with Gasteiger partial charge in [0.15, 0.2) is 5.65 Å². The molecule has 4 heterocycles. The van der Waals surface area contributed by atoms with Gasteiger partial charge in [-0.15, -0.1) is 11.3 Å². The summed E-state index contributed by atoms with van der Waals surface area (Å²) in [5.41, 5.74) is -1.49. The number of hydrogen-bond acceptors (Lipinski definition) is 6. The Bertz CT molecular complexity index is 1690. The number of rotatable bonds is 4. The summed E-state index contributed by atoms with van der Waals surface area (Å²) in [6.45, 7) is 2.02. The van der Waals surface area contributed by atoms with Crippen LogP contribution in [0.25, 0.3) is 16.9 Å². The van der Waals surface area contributed by atoms with Crippen LogP contribution < -0.4 is 0 Å². The smallest absolute Gasteiger partial charge is 0.304 e. The average Bonchev–Trinajstić information content (AvgIpc) is 3.54. The van der Waals surface area contributed by atoms with Crippen LogP contribution >= 0.6 is 11.3 Å². The quantitative estimate of drug-likeness (QED) is 0.257. The molecule has 0 radical (unpaired) electrons. The van der Waals surface area contributed by atoms with E-state index in [-0.39, 0.29) is 26.7 Å². The van der Waals surface area contributed by atoms with Gasteiger partial charge in [0.1, 0.15) is 9.90 Å². The molecule has 1 fully saturated rings. The summed E-state index contributed by atoms with van der Waals surface area (Å²) in [7, 11) is -1.75. The number of aromatic nitrogens is 3. The van der Waals surface area contributed by atoms with Crippen LogP contribution in [-0.4, -0.2) is 65.4 Å². The minimum absolute atomic E-state index is 0.00588. The largest absolute Gasteiger partial charge is 0.416 e. The molecule has 0 spiro atoms. The van der Waals surface area contributed by atoms with E-state index in [1.165, 1.54) is 28.7 Å². The maximum Gasteiger partial charge on any atom is 0.416 e. The Labute approximate surface area is 224 Å². The molecule has 14 heteroatoms. The van der Waals surface area contributed by atoms with Gasteiger partial charge in [-0.2, -0.15) is 22.6 Å². The van der Waals surface area contributed by atoms with E-state index < -0.39 is 33.9 Å². The lowest BCUT2D eigenvalue weighted by atomic mass is 10.1. The van der Waals surface area contributed by atoms with E-state index in [0.29, 0.717) is 31.1 Å². The van der Waals surface area contributed by atoms with Crippen LogP contribution in [0.2, 0.25) is 0 Å². The van der Waals surface area contributed by atoms with Gasteiger partial charge in [0.05, 0.1) is 27.9 Å². The molecule has 39 heavy (non-hydrogen) atoms. The molecule has 1 saturated heterocycles. The molecule has 1 aromatic carbocycles. The molecule has 0 unspecified atom stereocenters. The lowest BCUT2D eigenvalue weighted by molar-refractivity contribution is -0.137. The third kappa shape index (κ3) is 5.53. The van der Waals surface area contributed by atoms with E-state index in [4.69, 9.17) is 0 Å². The van der Waals surface area contributed by atoms with Crippen molar-refractivity contribution < 1.29 is 30.4 Å². The molecule has 5 rings (SSSR count). The molecule has 204 valence electrons. The Hall–Kier alpha value is -3.38. The van der Waals surface area contributed by atoms with Crippen molar-refractivity contribution in [2.45, 2.75) is 16.8 Å². The van der Waals surface area contributed by atoms with Crippen molar-refractivity contribution in [2.75, 3.05) is 33.2 Å². The van der Waals surface area contributed by atoms with E-state index in [1.807, 2.05) is 11.9 Å². The molecule has 0 N–H and O–H groups in total. The second kappa shape index (κ2) is 10.3. The van der Waals surface area contributed by atoms with Crippen LogP contribution in [-0.2, 0) is 16.2 Å². The van der Waals surface area contributed by atoms with Gasteiger partial charge in [-0.05, 0) is 37.4 Å². The first-order valence-electron chi connectivity index (χ1n) is 11.6. The number of benzene rings is 1. The van der Waals surface area contributed by atoms with Gasteiger partial charge in [0.2, 0.25) is 0 Å². The summed E-state index contributed by atoms with van der Waals surface area (Å²) >= 11 is 0.982. The van der Waals surface area contributed by atoms with E-state index in [9.17, 15) is 30.4 Å². The average molecular weight is 582 g/mol. The monoisotopic (exact) mass is 581 g/mol. The predicted octanol–water partition coefficient (Wildman–Crippen LogP) is 4.75. The lowest BCUT2D eigenvalue weighted by Crippen LogP contribution is -2.46. The molecule has 1 aliphatic rings. The fraction of sp³-hybridized carbons (Fsp3) is 0.280. The van der Waals surface area contributed by atoms with Gasteiger partial charge >= 0.3 is 6.18 Å². The third-order valence-electron chi connectivity index (χ3n) is 6.17. The summed E-state index contributed by atoms with van der Waals surface area (Å²) in [4.78, 5) is 6.75. The van der Waals surface area contributed by atoms with Crippen LogP contribution in [0.3, 0.4) is 0 Å². The molecular weight excluding hydrogens is 561 g/mol. The van der Waals surface area contributed by atoms with Crippen LogP contribution in [0.4, 0.5) is 22.0 Å². The lowest BCUT2D eigenvalue weighted by Gasteiger charge is -2.31. The maximum absolute atomic E-state index is 13.8. The van der Waals surface area contributed by atoms with Gasteiger partial charge in [0, 0.05) is 31.7 Å². The molecule has 1 aliphatic heterocycles. The Morgan fingerprint density at radius 1 is 1.03 bits per heavy atom. The second-order valence-electron chi connectivity index (χ2n) is 8.82. The third-order valence-corrected chi connectivity index (χ3v) is 9.53. The minimum atomic E-state index is -4.61. The van der Waals surface area contributed by atoms with Crippen molar-refractivity contribution in [3.8, 4) is 23.1 Å². The van der Waals surface area contributed by atoms with Crippen LogP contribution in [0.15, 0.2) is 52.9 Å². The molecule has 0 atom stereocenters. The number of thiophene rings is 1. The molecule has 0 saturated carbocycles. The number of fused-ring (bicyclic) bond motifs is 1. The van der Waals surface area contributed by atoms with Gasteiger partial charge in [-0.1, -0.05) is 24.0 Å². The van der Waals surface area contributed by atoms with Crippen LogP contribution in [0, 0.1) is 11.8 Å². The molecule has 3 aromatic heterocycles. The summed E-state index contributed by atoms with van der Waals surface area (Å²) in [5.74, 6) is 5.62.